The van der Waals surface area contributed by atoms with Crippen molar-refractivity contribution in [2.45, 2.75) is 13.8 Å². The summed E-state index contributed by atoms with van der Waals surface area (Å²) >= 11 is 0. The molecule has 0 saturated carbocycles. The molecule has 4 nitrogen and oxygen atoms in total. The average molecular weight is 280 g/mol. The molecular weight excluding hydrogens is 268 g/mol. The van der Waals surface area contributed by atoms with E-state index < -0.39 is 5.97 Å². The van der Waals surface area contributed by atoms with Gasteiger partial charge in [-0.3, -0.25) is 14.4 Å². The monoisotopic (exact) mass is 280 g/mol. The molecule has 0 spiro atoms. The second-order valence-corrected chi connectivity index (χ2v) is 4.98. The molecule has 1 aliphatic rings. The first-order valence-electron chi connectivity index (χ1n) is 6.50. The molecule has 0 amide bonds. The van der Waals surface area contributed by atoms with Crippen LogP contribution in [0.3, 0.4) is 0 Å². The highest BCUT2D eigenvalue weighted by molar-refractivity contribution is 6.29. The zero-order valence-electron chi connectivity index (χ0n) is 11.6. The van der Waals surface area contributed by atoms with Crippen molar-refractivity contribution in [3.8, 4) is 5.75 Å². The number of carbonyl (C=O) groups excluding carboxylic acids is 3. The van der Waals surface area contributed by atoms with Gasteiger partial charge in [0.15, 0.2) is 11.6 Å². The van der Waals surface area contributed by atoms with Crippen LogP contribution in [0.15, 0.2) is 36.4 Å². The summed E-state index contributed by atoms with van der Waals surface area (Å²) in [5, 5.41) is 0. The summed E-state index contributed by atoms with van der Waals surface area (Å²) in [6, 6.07) is 9.91. The van der Waals surface area contributed by atoms with Crippen molar-refractivity contribution in [1.82, 2.24) is 0 Å². The van der Waals surface area contributed by atoms with Gasteiger partial charge in [-0.05, 0) is 24.6 Å². The Hall–Kier alpha value is -2.75. The molecule has 0 atom stereocenters. The second-order valence-electron chi connectivity index (χ2n) is 4.98. The predicted molar refractivity (Wildman–Crippen MR) is 75.8 cm³/mol. The van der Waals surface area contributed by atoms with Crippen LogP contribution in [0.1, 0.15) is 44.3 Å². The molecule has 0 saturated heterocycles. The van der Waals surface area contributed by atoms with Gasteiger partial charge in [0, 0.05) is 23.6 Å². The summed E-state index contributed by atoms with van der Waals surface area (Å²) in [6.07, 6.45) is 0. The predicted octanol–water partition coefficient (Wildman–Crippen LogP) is 2.70. The van der Waals surface area contributed by atoms with Crippen LogP contribution in [-0.2, 0) is 4.79 Å². The molecule has 0 unspecified atom stereocenters. The summed E-state index contributed by atoms with van der Waals surface area (Å²) in [5.41, 5.74) is 1.93. The van der Waals surface area contributed by atoms with Crippen molar-refractivity contribution >= 4 is 17.5 Å². The van der Waals surface area contributed by atoms with Crippen molar-refractivity contribution in [1.29, 1.82) is 0 Å². The molecule has 0 aromatic heterocycles. The summed E-state index contributed by atoms with van der Waals surface area (Å²) in [4.78, 5) is 36.4. The van der Waals surface area contributed by atoms with E-state index in [1.54, 1.807) is 43.3 Å². The maximum Gasteiger partial charge on any atom is 0.308 e. The van der Waals surface area contributed by atoms with E-state index in [0.717, 1.165) is 5.56 Å². The van der Waals surface area contributed by atoms with Gasteiger partial charge >= 0.3 is 5.97 Å². The molecule has 4 heteroatoms. The molecular formula is C17H12O4. The zero-order chi connectivity index (χ0) is 15.1. The third kappa shape index (κ3) is 2.05. The number of esters is 1. The van der Waals surface area contributed by atoms with Crippen LogP contribution in [-0.4, -0.2) is 17.5 Å². The Balaban J connectivity index is 2.29. The smallest absolute Gasteiger partial charge is 0.308 e. The first kappa shape index (κ1) is 13.2. The van der Waals surface area contributed by atoms with E-state index in [1.165, 1.54) is 6.92 Å². The lowest BCUT2D eigenvalue weighted by Crippen LogP contribution is -2.22. The molecule has 21 heavy (non-hydrogen) atoms. The SMILES string of the molecule is CC(=O)Oc1cc(C)cc2c1C(=O)c1ccccc1C2=O. The van der Waals surface area contributed by atoms with Gasteiger partial charge in [-0.15, -0.1) is 0 Å². The minimum absolute atomic E-state index is 0.144. The highest BCUT2D eigenvalue weighted by Gasteiger charge is 2.32. The van der Waals surface area contributed by atoms with Crippen LogP contribution >= 0.6 is 0 Å². The van der Waals surface area contributed by atoms with Crippen molar-refractivity contribution < 1.29 is 19.1 Å². The molecule has 2 aromatic carbocycles. The minimum atomic E-state index is -0.526. The lowest BCUT2D eigenvalue weighted by atomic mass is 9.83. The third-order valence-electron chi connectivity index (χ3n) is 3.39. The van der Waals surface area contributed by atoms with Crippen molar-refractivity contribution in [3.63, 3.8) is 0 Å². The molecule has 0 heterocycles. The number of benzene rings is 2. The van der Waals surface area contributed by atoms with Crippen LogP contribution in [0.4, 0.5) is 0 Å². The molecule has 0 aliphatic heterocycles. The van der Waals surface area contributed by atoms with E-state index in [1.807, 2.05) is 0 Å². The Labute approximate surface area is 121 Å². The van der Waals surface area contributed by atoms with Crippen LogP contribution in [0, 0.1) is 6.92 Å². The number of hydrogen-bond donors (Lipinski definition) is 0. The lowest BCUT2D eigenvalue weighted by Gasteiger charge is -2.20. The van der Waals surface area contributed by atoms with Crippen LogP contribution in [0.25, 0.3) is 0 Å². The van der Waals surface area contributed by atoms with E-state index in [0.29, 0.717) is 11.1 Å². The Morgan fingerprint density at radius 2 is 1.57 bits per heavy atom. The summed E-state index contributed by atoms with van der Waals surface area (Å²) in [7, 11) is 0. The number of rotatable bonds is 1. The number of fused-ring (bicyclic) bond motifs is 2. The molecule has 3 rings (SSSR count). The zero-order valence-corrected chi connectivity index (χ0v) is 11.6. The molecule has 0 radical (unpaired) electrons. The van der Waals surface area contributed by atoms with Crippen molar-refractivity contribution in [2.75, 3.05) is 0 Å². The van der Waals surface area contributed by atoms with Gasteiger partial charge < -0.3 is 4.74 Å². The molecule has 2 aromatic rings. The number of ketones is 2. The van der Waals surface area contributed by atoms with Crippen molar-refractivity contribution in [3.05, 3.63) is 64.2 Å². The van der Waals surface area contributed by atoms with Gasteiger partial charge in [0.25, 0.3) is 0 Å². The molecule has 104 valence electrons. The Morgan fingerprint density at radius 1 is 0.952 bits per heavy atom. The normalized spacial score (nSPS) is 12.7. The van der Waals surface area contributed by atoms with Gasteiger partial charge in [0.2, 0.25) is 0 Å². The topological polar surface area (TPSA) is 60.4 Å². The van der Waals surface area contributed by atoms with Crippen LogP contribution < -0.4 is 4.74 Å². The average Bonchev–Trinajstić information content (AvgIpc) is 2.43. The van der Waals surface area contributed by atoms with E-state index in [-0.39, 0.29) is 28.4 Å². The van der Waals surface area contributed by atoms with Gasteiger partial charge in [0.05, 0.1) is 5.56 Å². The summed E-state index contributed by atoms with van der Waals surface area (Å²) in [6.45, 7) is 3.04. The number of aryl methyl sites for hydroxylation is 1. The second kappa shape index (κ2) is 4.66. The fraction of sp³-hybridized carbons (Fsp3) is 0.118. The lowest BCUT2D eigenvalue weighted by molar-refractivity contribution is -0.131. The van der Waals surface area contributed by atoms with Crippen molar-refractivity contribution in [2.24, 2.45) is 0 Å². The number of carbonyl (C=O) groups is 3. The van der Waals surface area contributed by atoms with Gasteiger partial charge in [-0.25, -0.2) is 0 Å². The molecule has 0 fully saturated rings. The first-order chi connectivity index (χ1) is 9.99. The van der Waals surface area contributed by atoms with Gasteiger partial charge in [-0.2, -0.15) is 0 Å². The molecule has 0 bridgehead atoms. The van der Waals surface area contributed by atoms with Gasteiger partial charge in [0.1, 0.15) is 5.75 Å². The summed E-state index contributed by atoms with van der Waals surface area (Å²) < 4.78 is 5.12. The Kier molecular flexibility index (Phi) is 2.94. The maximum absolute atomic E-state index is 12.6. The van der Waals surface area contributed by atoms with E-state index in [2.05, 4.69) is 0 Å². The highest BCUT2D eigenvalue weighted by Crippen LogP contribution is 2.34. The first-order valence-corrected chi connectivity index (χ1v) is 6.50. The van der Waals surface area contributed by atoms with Crippen LogP contribution in [0.2, 0.25) is 0 Å². The summed E-state index contributed by atoms with van der Waals surface area (Å²) in [5.74, 6) is -0.902. The quantitative estimate of drug-likeness (QED) is 0.508. The number of ether oxygens (including phenoxy) is 1. The largest absolute Gasteiger partial charge is 0.426 e. The van der Waals surface area contributed by atoms with Crippen LogP contribution in [0.5, 0.6) is 5.75 Å². The van der Waals surface area contributed by atoms with E-state index >= 15 is 0 Å². The highest BCUT2D eigenvalue weighted by atomic mass is 16.5. The minimum Gasteiger partial charge on any atom is -0.426 e. The fourth-order valence-electron chi connectivity index (χ4n) is 2.56. The standard InChI is InChI=1S/C17H12O4/c1-9-7-13-15(14(8-9)21-10(2)18)17(20)12-6-4-3-5-11(12)16(13)19/h3-8H,1-2H3. The van der Waals surface area contributed by atoms with E-state index in [9.17, 15) is 14.4 Å². The maximum atomic E-state index is 12.6. The Bertz CT molecular complexity index is 802. The van der Waals surface area contributed by atoms with Gasteiger partial charge in [-0.1, -0.05) is 24.3 Å². The molecule has 0 N–H and O–H groups in total. The third-order valence-corrected chi connectivity index (χ3v) is 3.39. The Morgan fingerprint density at radius 3 is 2.19 bits per heavy atom. The number of hydrogen-bond acceptors (Lipinski definition) is 4. The van der Waals surface area contributed by atoms with E-state index in [4.69, 9.17) is 4.74 Å². The fourth-order valence-corrected chi connectivity index (χ4v) is 2.56. The molecule has 1 aliphatic carbocycles.